The van der Waals surface area contributed by atoms with E-state index in [1.165, 1.54) is 72.8 Å². The van der Waals surface area contributed by atoms with E-state index in [4.69, 9.17) is 29.9 Å². The number of benzene rings is 9. The van der Waals surface area contributed by atoms with E-state index in [0.717, 1.165) is 0 Å². The van der Waals surface area contributed by atoms with Crippen LogP contribution in [0.5, 0.6) is 0 Å². The van der Waals surface area contributed by atoms with Crippen molar-refractivity contribution in [3.8, 4) is 103 Å². The summed E-state index contributed by atoms with van der Waals surface area (Å²) in [6, 6.07) is 47.0. The van der Waals surface area contributed by atoms with Crippen molar-refractivity contribution < 1.29 is 59.4 Å². The molecule has 3 aromatic heterocycles. The number of aromatic carboxylic acids is 6. The van der Waals surface area contributed by atoms with Crippen molar-refractivity contribution >= 4 is 68.9 Å². The van der Waals surface area contributed by atoms with Crippen molar-refractivity contribution in [2.75, 3.05) is 0 Å². The van der Waals surface area contributed by atoms with Gasteiger partial charge in [0.2, 0.25) is 0 Å². The van der Waals surface area contributed by atoms with Crippen LogP contribution in [0, 0.1) is 35.5 Å². The fourth-order valence-electron chi connectivity index (χ4n) is 10.2. The summed E-state index contributed by atoms with van der Waals surface area (Å²) in [5, 5.41) is 58.5. The van der Waals surface area contributed by atoms with Crippen LogP contribution in [0.3, 0.4) is 0 Å². The van der Waals surface area contributed by atoms with Crippen LogP contribution >= 0.6 is 0 Å². The third-order valence-electron chi connectivity index (χ3n) is 14.8. The van der Waals surface area contributed by atoms with Gasteiger partial charge >= 0.3 is 35.8 Å². The van der Waals surface area contributed by atoms with E-state index < -0.39 is 35.8 Å². The molecule has 0 saturated heterocycles. The highest BCUT2D eigenvalue weighted by Crippen LogP contribution is 2.37. The molecule has 6 N–H and O–H groups in total. The third-order valence-corrected chi connectivity index (χ3v) is 14.8. The van der Waals surface area contributed by atoms with Gasteiger partial charge in [-0.05, 0) is 109 Å². The molecule has 0 bridgehead atoms. The van der Waals surface area contributed by atoms with Gasteiger partial charge in [-0.3, -0.25) is 0 Å². The number of rotatable bonds is 12. The van der Waals surface area contributed by atoms with Crippen LogP contribution < -0.4 is 0 Å². The van der Waals surface area contributed by atoms with Crippen LogP contribution in [0.1, 0.15) is 95.5 Å². The number of carboxylic acid groups (broad SMARTS) is 6. The molecule has 18 heteroatoms. The summed E-state index contributed by atoms with van der Waals surface area (Å²) in [5.74, 6) is 13.2. The molecule has 0 aliphatic heterocycles. The highest BCUT2D eigenvalue weighted by molar-refractivity contribution is 5.97. The second-order valence-electron chi connectivity index (χ2n) is 20.5. The largest absolute Gasteiger partial charge is 0.478 e. The van der Waals surface area contributed by atoms with E-state index >= 15 is 0 Å². The van der Waals surface area contributed by atoms with Crippen LogP contribution in [0.15, 0.2) is 182 Å². The van der Waals surface area contributed by atoms with Gasteiger partial charge in [-0.15, -0.1) is 0 Å². The summed E-state index contributed by atoms with van der Waals surface area (Å²) < 4.78 is 0. The van der Waals surface area contributed by atoms with Gasteiger partial charge in [0.15, 0.2) is 0 Å². The summed E-state index contributed by atoms with van der Waals surface area (Å²) >= 11 is 0. The summed E-state index contributed by atoms with van der Waals surface area (Å²) in [7, 11) is 0. The summed E-state index contributed by atoms with van der Waals surface area (Å²) in [4.78, 5) is 102. The number of carbonyl (C=O) groups is 6. The van der Waals surface area contributed by atoms with Gasteiger partial charge in [0.25, 0.3) is 0 Å². The number of aromatic nitrogens is 6. The molecule has 426 valence electrons. The molecule has 0 radical (unpaired) electrons. The van der Waals surface area contributed by atoms with Crippen LogP contribution in [-0.4, -0.2) is 96.4 Å². The first-order chi connectivity index (χ1) is 43.5. The van der Waals surface area contributed by atoms with Gasteiger partial charge < -0.3 is 30.6 Å². The van der Waals surface area contributed by atoms with Gasteiger partial charge in [-0.25, -0.2) is 58.7 Å². The van der Waals surface area contributed by atoms with Crippen molar-refractivity contribution in [1.29, 1.82) is 0 Å². The average Bonchev–Trinajstić information content (AvgIpc) is 0.861. The minimum atomic E-state index is -1.13. The Morgan fingerprint density at radius 2 is 0.333 bits per heavy atom. The van der Waals surface area contributed by atoms with E-state index in [1.807, 2.05) is 0 Å². The van der Waals surface area contributed by atoms with Crippen molar-refractivity contribution in [2.24, 2.45) is 0 Å². The maximum atomic E-state index is 11.9. The Kier molecular flexibility index (Phi) is 13.9. The fraction of sp³-hybridized carbons (Fsp3) is 0. The Morgan fingerprint density at radius 3 is 0.444 bits per heavy atom. The Balaban J connectivity index is 1.06. The third kappa shape index (κ3) is 10.7. The van der Waals surface area contributed by atoms with E-state index in [1.54, 1.807) is 109 Å². The highest BCUT2D eigenvalue weighted by Gasteiger charge is 2.22. The summed E-state index contributed by atoms with van der Waals surface area (Å²) in [6.45, 7) is 0. The first-order valence-electron chi connectivity index (χ1n) is 27.1. The van der Waals surface area contributed by atoms with Crippen molar-refractivity contribution in [3.05, 3.63) is 249 Å². The lowest BCUT2D eigenvalue weighted by Crippen LogP contribution is -2.01. The van der Waals surface area contributed by atoms with Crippen molar-refractivity contribution in [3.63, 3.8) is 0 Å². The van der Waals surface area contributed by atoms with Crippen LogP contribution in [-0.2, 0) is 0 Å². The minimum Gasteiger partial charge on any atom is -0.478 e. The molecule has 0 fully saturated rings. The van der Waals surface area contributed by atoms with Crippen molar-refractivity contribution in [1.82, 2.24) is 29.9 Å². The van der Waals surface area contributed by atoms with Gasteiger partial charge in [0, 0.05) is 66.8 Å². The van der Waals surface area contributed by atoms with Crippen LogP contribution in [0.4, 0.5) is 0 Å². The minimum absolute atomic E-state index is 0.0414. The lowest BCUT2D eigenvalue weighted by molar-refractivity contribution is 0.0686. The normalized spacial score (nSPS) is 11.2. The Labute approximate surface area is 507 Å². The zero-order valence-electron chi connectivity index (χ0n) is 46.1. The van der Waals surface area contributed by atoms with E-state index in [-0.39, 0.29) is 33.4 Å². The Hall–Kier alpha value is -13.5. The zero-order chi connectivity index (χ0) is 62.5. The Morgan fingerprint density at radius 1 is 0.211 bits per heavy atom. The molecule has 3 heterocycles. The molecule has 0 amide bonds. The maximum absolute atomic E-state index is 11.9. The van der Waals surface area contributed by atoms with E-state index in [0.29, 0.717) is 134 Å². The number of hydrogen-bond acceptors (Lipinski definition) is 12. The molecule has 90 heavy (non-hydrogen) atoms. The molecular weight excluding hydrogens is 1140 g/mol. The maximum Gasteiger partial charge on any atom is 0.335 e. The second-order valence-corrected chi connectivity index (χ2v) is 20.5. The molecule has 13 rings (SSSR count). The molecule has 0 saturated carbocycles. The second kappa shape index (κ2) is 22.5. The lowest BCUT2D eigenvalue weighted by Gasteiger charge is -2.13. The molecular formula is C72H36N6O12. The van der Waals surface area contributed by atoms with Gasteiger partial charge in [-0.1, -0.05) is 108 Å². The smallest absolute Gasteiger partial charge is 0.335 e. The fourth-order valence-corrected chi connectivity index (χ4v) is 10.2. The molecule has 12 aromatic rings. The first kappa shape index (κ1) is 55.7. The molecule has 1 aliphatic carbocycles. The molecule has 9 aromatic carbocycles. The average molecular weight is 1180 g/mol. The molecule has 0 unspecified atom stereocenters. The SMILES string of the molecule is O=C(O)c1ccc(-c2nc3cc4c(cc3nc2-c2ccc(C(=O)O)cc2)C#Cc2cc3nc(-c5ccc(C(=O)O)cc5)c(-c5ccc(C(=O)O)cc5)nc3cc2C#Cc2cc3nc(-c5ccc(C(=O)O)cc5)c(-c5ccc(C(=O)O)cc5)nc3cc2C#C4)cc1. The van der Waals surface area contributed by atoms with Crippen LogP contribution in [0.2, 0.25) is 0 Å². The number of hydrogen-bond donors (Lipinski definition) is 6. The van der Waals surface area contributed by atoms with Crippen molar-refractivity contribution in [2.45, 2.75) is 0 Å². The van der Waals surface area contributed by atoms with Gasteiger partial charge in [0.05, 0.1) is 101 Å². The predicted molar refractivity (Wildman–Crippen MR) is 331 cm³/mol. The monoisotopic (exact) mass is 1180 g/mol. The van der Waals surface area contributed by atoms with Gasteiger partial charge in [-0.2, -0.15) is 0 Å². The first-order valence-corrected chi connectivity index (χ1v) is 27.1. The van der Waals surface area contributed by atoms with E-state index in [2.05, 4.69) is 35.5 Å². The molecule has 18 nitrogen and oxygen atoms in total. The zero-order valence-corrected chi connectivity index (χ0v) is 46.1. The Bertz CT molecular complexity index is 4490. The van der Waals surface area contributed by atoms with E-state index in [9.17, 15) is 59.4 Å². The number of fused-ring (bicyclic) bond motifs is 6. The molecule has 0 atom stereocenters. The number of nitrogens with zero attached hydrogens (tertiary/aromatic N) is 6. The number of carboxylic acids is 6. The highest BCUT2D eigenvalue weighted by atomic mass is 16.4. The standard InChI is InChI=1S/C72H36N6O12/c79-67(80)43-13-1-37(2-14-43)61-62(38-3-15-44(16-4-38)68(81)82)74-56-32-50-27-28-52-34-58-60(78-66(42-11-23-48(24-12-42)72(89)90)65(76-58)41-9-21-47(22-10-41)71(87)88)36-54(52)30-29-53-35-59-57(33-51(53)26-25-49(50)31-55(56)73-61)75-63(39-5-17-45(18-6-39)69(83)84)64(77-59)40-7-19-46(20-8-40)70(85)86/h1-24,31-36H,(H,79,80)(H,81,82)(H,83,84)(H,85,86)(H,87,88)(H,89,90). The predicted octanol–water partition coefficient (Wildman–Crippen LogP) is 12.2. The van der Waals surface area contributed by atoms with Gasteiger partial charge in [0.1, 0.15) is 0 Å². The lowest BCUT2D eigenvalue weighted by atomic mass is 9.98. The topological polar surface area (TPSA) is 301 Å². The molecule has 1 aliphatic rings. The molecule has 0 spiro atoms. The summed E-state index contributed by atoms with van der Waals surface area (Å²) in [5.41, 5.74) is 10.0. The van der Waals surface area contributed by atoms with Crippen LogP contribution in [0.25, 0.3) is 101 Å². The summed E-state index contributed by atoms with van der Waals surface area (Å²) in [6.07, 6.45) is 0. The quantitative estimate of drug-likeness (QED) is 0.0619.